The quantitative estimate of drug-likeness (QED) is 0.824. The number of ether oxygens (including phenoxy) is 1. The maximum absolute atomic E-state index is 11.7. The molecule has 6 heteroatoms. The van der Waals surface area contributed by atoms with Crippen LogP contribution in [0.3, 0.4) is 0 Å². The molecule has 5 nitrogen and oxygen atoms in total. The lowest BCUT2D eigenvalue weighted by Crippen LogP contribution is -2.42. The Balaban J connectivity index is 1.93. The van der Waals surface area contributed by atoms with Gasteiger partial charge in [0.25, 0.3) is 0 Å². The summed E-state index contributed by atoms with van der Waals surface area (Å²) in [5, 5.41) is 14.6. The van der Waals surface area contributed by atoms with Crippen molar-refractivity contribution in [2.24, 2.45) is 13.0 Å². The van der Waals surface area contributed by atoms with Gasteiger partial charge in [0.2, 0.25) is 0 Å². The van der Waals surface area contributed by atoms with Crippen molar-refractivity contribution in [1.82, 2.24) is 9.78 Å². The van der Waals surface area contributed by atoms with Gasteiger partial charge in [-0.25, -0.2) is 0 Å². The molecule has 1 aliphatic rings. The molecule has 0 saturated heterocycles. The summed E-state index contributed by atoms with van der Waals surface area (Å²) < 4.78 is 7.78. The van der Waals surface area contributed by atoms with Gasteiger partial charge in [-0.2, -0.15) is 5.10 Å². The molecule has 1 N–H and O–H groups in total. The Morgan fingerprint density at radius 2 is 2.08 bits per heavy atom. The van der Waals surface area contributed by atoms with E-state index in [4.69, 9.17) is 16.3 Å². The van der Waals surface area contributed by atoms with Gasteiger partial charge in [-0.15, -0.1) is 0 Å². The first-order valence-electron chi connectivity index (χ1n) is 8.48. The molecule has 2 unspecified atom stereocenters. The summed E-state index contributed by atoms with van der Waals surface area (Å²) in [6, 6.07) is 9.73. The van der Waals surface area contributed by atoms with E-state index in [1.807, 2.05) is 49.4 Å². The van der Waals surface area contributed by atoms with E-state index >= 15 is 0 Å². The predicted octanol–water partition coefficient (Wildman–Crippen LogP) is 4.23. The van der Waals surface area contributed by atoms with Crippen LogP contribution in [0.2, 0.25) is 5.15 Å². The zero-order valence-corrected chi connectivity index (χ0v) is 15.5. The largest absolute Gasteiger partial charge is 0.481 e. The van der Waals surface area contributed by atoms with E-state index in [9.17, 15) is 9.90 Å². The molecular weight excluding hydrogens is 352 g/mol. The molecule has 0 bridgehead atoms. The van der Waals surface area contributed by atoms with Crippen LogP contribution in [0.25, 0.3) is 11.3 Å². The molecule has 0 aliphatic heterocycles. The molecule has 2 aromatic rings. The number of nitrogens with zero attached hydrogens (tertiary/aromatic N) is 2. The Bertz CT molecular complexity index is 857. The molecule has 1 heterocycles. The molecule has 136 valence electrons. The van der Waals surface area contributed by atoms with Gasteiger partial charge in [-0.1, -0.05) is 73.2 Å². The van der Waals surface area contributed by atoms with Gasteiger partial charge in [0.05, 0.1) is 12.3 Å². The Hall–Kier alpha value is -2.37. The maximum atomic E-state index is 11.7. The molecule has 0 radical (unpaired) electrons. The van der Waals surface area contributed by atoms with Gasteiger partial charge < -0.3 is 9.84 Å². The Morgan fingerprint density at radius 3 is 2.73 bits per heavy atom. The lowest BCUT2D eigenvalue weighted by Gasteiger charge is -2.35. The number of benzene rings is 1. The van der Waals surface area contributed by atoms with E-state index in [1.54, 1.807) is 23.9 Å². The minimum Gasteiger partial charge on any atom is -0.481 e. The normalized spacial score (nSPS) is 21.9. The highest BCUT2D eigenvalue weighted by Gasteiger charge is 2.41. The lowest BCUT2D eigenvalue weighted by molar-refractivity contribution is -0.150. The highest BCUT2D eigenvalue weighted by Crippen LogP contribution is 2.36. The van der Waals surface area contributed by atoms with Crippen molar-refractivity contribution in [2.75, 3.05) is 0 Å². The zero-order valence-electron chi connectivity index (χ0n) is 14.7. The minimum atomic E-state index is -0.909. The van der Waals surface area contributed by atoms with Crippen LogP contribution in [0.15, 0.2) is 54.6 Å². The highest BCUT2D eigenvalue weighted by molar-refractivity contribution is 6.30. The summed E-state index contributed by atoms with van der Waals surface area (Å²) in [6.07, 6.45) is 7.57. The summed E-state index contributed by atoms with van der Waals surface area (Å²) in [6.45, 7) is 2.09. The number of hydrogen-bond acceptors (Lipinski definition) is 3. The van der Waals surface area contributed by atoms with Crippen LogP contribution in [0.5, 0.6) is 0 Å². The first kappa shape index (κ1) is 18.4. The van der Waals surface area contributed by atoms with E-state index in [1.165, 1.54) is 0 Å². The number of carboxylic acids is 1. The van der Waals surface area contributed by atoms with Crippen molar-refractivity contribution in [3.63, 3.8) is 0 Å². The van der Waals surface area contributed by atoms with Crippen LogP contribution in [-0.2, 0) is 23.2 Å². The number of rotatable bonds is 6. The summed E-state index contributed by atoms with van der Waals surface area (Å²) in [5.74, 6) is -1.65. The van der Waals surface area contributed by atoms with Crippen LogP contribution >= 0.6 is 11.6 Å². The fourth-order valence-corrected chi connectivity index (χ4v) is 3.42. The summed E-state index contributed by atoms with van der Waals surface area (Å²) >= 11 is 6.44. The first-order valence-corrected chi connectivity index (χ1v) is 8.86. The third kappa shape index (κ3) is 3.32. The molecule has 1 aliphatic carbocycles. The summed E-state index contributed by atoms with van der Waals surface area (Å²) in [7, 11) is 1.77. The van der Waals surface area contributed by atoms with Crippen LogP contribution in [0.1, 0.15) is 18.9 Å². The number of carboxylic acid groups (broad SMARTS) is 1. The molecule has 2 atom stereocenters. The number of hydrogen-bond donors (Lipinski definition) is 1. The first-order chi connectivity index (χ1) is 12.5. The molecule has 3 rings (SSSR count). The molecule has 26 heavy (non-hydrogen) atoms. The smallest absolute Gasteiger partial charge is 0.313 e. The van der Waals surface area contributed by atoms with Crippen LogP contribution in [0.4, 0.5) is 0 Å². The number of aliphatic carboxylic acids is 1. The molecule has 1 aromatic heterocycles. The fraction of sp³-hybridized carbons (Fsp3) is 0.300. The van der Waals surface area contributed by atoms with Crippen LogP contribution in [0, 0.1) is 5.92 Å². The SMILES string of the molecule is CCC1(OCc2c(-c3ccccc3)nn(C)c2Cl)C=CC=CC1C(=O)O. The van der Waals surface area contributed by atoms with E-state index < -0.39 is 17.5 Å². The second-order valence-electron chi connectivity index (χ2n) is 6.26. The average molecular weight is 373 g/mol. The summed E-state index contributed by atoms with van der Waals surface area (Å²) in [5.41, 5.74) is 1.52. The van der Waals surface area contributed by atoms with Crippen LogP contribution < -0.4 is 0 Å². The van der Waals surface area contributed by atoms with Crippen molar-refractivity contribution in [3.05, 3.63) is 65.4 Å². The van der Waals surface area contributed by atoms with Gasteiger partial charge in [-0.3, -0.25) is 9.48 Å². The average Bonchev–Trinajstić information content (AvgIpc) is 2.95. The standard InChI is InChI=1S/C20H21ClN2O3/c1-3-20(12-8-7-11-16(20)19(24)25)26-13-15-17(22-23(2)18(15)21)14-9-5-4-6-10-14/h4-12,16H,3,13H2,1-2H3,(H,24,25). The van der Waals surface area contributed by atoms with E-state index in [0.29, 0.717) is 11.6 Å². The van der Waals surface area contributed by atoms with Crippen molar-refractivity contribution in [2.45, 2.75) is 25.6 Å². The Morgan fingerprint density at radius 1 is 1.35 bits per heavy atom. The number of aromatic nitrogens is 2. The molecule has 0 amide bonds. The van der Waals surface area contributed by atoms with Gasteiger partial charge in [0, 0.05) is 18.2 Å². The van der Waals surface area contributed by atoms with E-state index in [0.717, 1.165) is 16.8 Å². The molecule has 1 aromatic carbocycles. The van der Waals surface area contributed by atoms with Crippen molar-refractivity contribution < 1.29 is 14.6 Å². The van der Waals surface area contributed by atoms with E-state index in [-0.39, 0.29) is 6.61 Å². The number of halogens is 1. The third-order valence-electron chi connectivity index (χ3n) is 4.74. The van der Waals surface area contributed by atoms with Crippen molar-refractivity contribution >= 4 is 17.6 Å². The lowest BCUT2D eigenvalue weighted by atomic mass is 9.81. The van der Waals surface area contributed by atoms with Gasteiger partial charge >= 0.3 is 5.97 Å². The Kier molecular flexibility index (Phi) is 5.30. The zero-order chi connectivity index (χ0) is 18.7. The van der Waals surface area contributed by atoms with Gasteiger partial charge in [0.15, 0.2) is 0 Å². The molecular formula is C20H21ClN2O3. The molecule has 0 spiro atoms. The third-order valence-corrected chi connectivity index (χ3v) is 5.21. The van der Waals surface area contributed by atoms with Crippen LogP contribution in [-0.4, -0.2) is 26.5 Å². The van der Waals surface area contributed by atoms with Gasteiger partial charge in [0.1, 0.15) is 16.7 Å². The number of carbonyl (C=O) groups is 1. The molecule has 0 fully saturated rings. The molecule has 0 saturated carbocycles. The monoisotopic (exact) mass is 372 g/mol. The Labute approximate surface area is 157 Å². The fourth-order valence-electron chi connectivity index (χ4n) is 3.24. The minimum absolute atomic E-state index is 0.173. The number of aryl methyl sites for hydroxylation is 1. The topological polar surface area (TPSA) is 64.4 Å². The predicted molar refractivity (Wildman–Crippen MR) is 101 cm³/mol. The van der Waals surface area contributed by atoms with Crippen molar-refractivity contribution in [1.29, 1.82) is 0 Å². The van der Waals surface area contributed by atoms with Gasteiger partial charge in [-0.05, 0) is 6.42 Å². The number of allylic oxidation sites excluding steroid dienone is 2. The summed E-state index contributed by atoms with van der Waals surface area (Å²) in [4.78, 5) is 11.7. The maximum Gasteiger partial charge on any atom is 0.313 e. The highest BCUT2D eigenvalue weighted by atomic mass is 35.5. The second-order valence-corrected chi connectivity index (χ2v) is 6.62. The van der Waals surface area contributed by atoms with Crippen molar-refractivity contribution in [3.8, 4) is 11.3 Å². The van der Waals surface area contributed by atoms with E-state index in [2.05, 4.69) is 5.10 Å². The second kappa shape index (κ2) is 7.48.